The molecule has 1 aliphatic heterocycles. The highest BCUT2D eigenvalue weighted by Crippen LogP contribution is 2.62. The second-order valence-corrected chi connectivity index (χ2v) is 11.8. The zero-order chi connectivity index (χ0) is 30.0. The predicted octanol–water partition coefficient (Wildman–Crippen LogP) is 4.58. The number of aromatic hydroxyl groups is 1. The first-order valence-corrected chi connectivity index (χ1v) is 15.2. The molecule has 0 amide bonds. The molecule has 2 heterocycles. The van der Waals surface area contributed by atoms with Gasteiger partial charge in [0.25, 0.3) is 0 Å². The molecule has 10 nitrogen and oxygen atoms in total. The van der Waals surface area contributed by atoms with Crippen LogP contribution >= 0.6 is 0 Å². The van der Waals surface area contributed by atoms with Crippen LogP contribution in [0.2, 0.25) is 0 Å². The van der Waals surface area contributed by atoms with Gasteiger partial charge in [-0.3, -0.25) is 0 Å². The molecule has 0 radical (unpaired) electrons. The number of hydrogen-bond donors (Lipinski definition) is 4. The molecular formula is C33H40N4O6. The van der Waals surface area contributed by atoms with Gasteiger partial charge in [0.1, 0.15) is 24.7 Å². The Labute approximate surface area is 251 Å². The maximum absolute atomic E-state index is 12.9. The number of allylic oxidation sites excluding steroid dienone is 1. The minimum Gasteiger partial charge on any atom is -0.508 e. The number of unbranched alkanes of at least 4 members (excludes halogenated alkanes) is 2. The van der Waals surface area contributed by atoms with Gasteiger partial charge in [-0.1, -0.05) is 59.6 Å². The maximum atomic E-state index is 12.9. The summed E-state index contributed by atoms with van der Waals surface area (Å²) >= 11 is 0. The molecule has 10 heteroatoms. The smallest absolute Gasteiger partial charge is 0.238 e. The van der Waals surface area contributed by atoms with Crippen LogP contribution in [0.15, 0.2) is 71.5 Å². The summed E-state index contributed by atoms with van der Waals surface area (Å²) in [4.78, 5) is 5.37. The van der Waals surface area contributed by atoms with E-state index in [9.17, 15) is 20.4 Å². The van der Waals surface area contributed by atoms with Crippen LogP contribution in [0.5, 0.6) is 11.5 Å². The summed E-state index contributed by atoms with van der Waals surface area (Å²) in [6, 6.07) is 14.2. The van der Waals surface area contributed by atoms with Crippen LogP contribution in [-0.4, -0.2) is 67.2 Å². The van der Waals surface area contributed by atoms with Crippen LogP contribution in [0.25, 0.3) is 11.3 Å². The number of rotatable bonds is 11. The lowest BCUT2D eigenvalue weighted by atomic mass is 9.55. The number of benzene rings is 2. The highest BCUT2D eigenvalue weighted by molar-refractivity contribution is 6.02. The molecule has 1 fully saturated rings. The standard InChI is InChI=1S/C33H40N4O6/c1-42-35-27-19-30(37-28(20-34-36-37)21-9-3-2-4-10-21)33(41)32-25(27)17-22(11-5-7-15-38)24(12-6-8-16-39)31(32)26-18-23(40)13-14-29(26)43-33/h2-4,9-10,13-14,17-18,20,22,24,30-32,38-41H,5-8,11-12,15-16,19H2,1H3/t22-,24+,30-,31+,32+,33+/m0/s1. The number of aromatic nitrogens is 3. The van der Waals surface area contributed by atoms with Crippen molar-refractivity contribution in [3.05, 3.63) is 71.9 Å². The first-order chi connectivity index (χ1) is 21.0. The van der Waals surface area contributed by atoms with E-state index in [1.165, 1.54) is 7.11 Å². The highest BCUT2D eigenvalue weighted by atomic mass is 16.6. The predicted molar refractivity (Wildman–Crippen MR) is 160 cm³/mol. The average molecular weight is 589 g/mol. The number of ether oxygens (including phenoxy) is 1. The quantitative estimate of drug-likeness (QED) is 0.188. The summed E-state index contributed by atoms with van der Waals surface area (Å²) in [6.07, 6.45) is 8.96. The van der Waals surface area contributed by atoms with E-state index >= 15 is 0 Å². The monoisotopic (exact) mass is 588 g/mol. The number of phenols is 1. The average Bonchev–Trinajstić information content (AvgIpc) is 3.50. The Morgan fingerprint density at radius 3 is 2.56 bits per heavy atom. The summed E-state index contributed by atoms with van der Waals surface area (Å²) in [7, 11) is 1.52. The third-order valence-electron chi connectivity index (χ3n) is 9.40. The summed E-state index contributed by atoms with van der Waals surface area (Å²) in [5.41, 5.74) is 4.11. The van der Waals surface area contributed by atoms with Crippen LogP contribution in [0.3, 0.4) is 0 Å². The van der Waals surface area contributed by atoms with Gasteiger partial charge in [-0.25, -0.2) is 4.68 Å². The number of oxime groups is 1. The Hall–Kier alpha value is -3.73. The molecule has 43 heavy (non-hydrogen) atoms. The number of fused-ring (bicyclic) bond motifs is 2. The molecule has 2 aromatic carbocycles. The van der Waals surface area contributed by atoms with Crippen LogP contribution < -0.4 is 4.74 Å². The van der Waals surface area contributed by atoms with E-state index in [0.29, 0.717) is 25.0 Å². The molecule has 1 aromatic heterocycles. The molecule has 4 N–H and O–H groups in total. The van der Waals surface area contributed by atoms with Gasteiger partial charge >= 0.3 is 0 Å². The fourth-order valence-corrected chi connectivity index (χ4v) is 7.61. The molecule has 0 saturated heterocycles. The molecule has 228 valence electrons. The minimum absolute atomic E-state index is 0.0850. The second-order valence-electron chi connectivity index (χ2n) is 11.8. The van der Waals surface area contributed by atoms with E-state index < -0.39 is 17.7 Å². The maximum Gasteiger partial charge on any atom is 0.238 e. The van der Waals surface area contributed by atoms with Crippen molar-refractivity contribution < 1.29 is 30.0 Å². The van der Waals surface area contributed by atoms with Gasteiger partial charge in [0.05, 0.1) is 23.5 Å². The summed E-state index contributed by atoms with van der Waals surface area (Å²) in [5.74, 6) is -1.58. The van der Waals surface area contributed by atoms with E-state index in [1.54, 1.807) is 29.1 Å². The van der Waals surface area contributed by atoms with Crippen molar-refractivity contribution in [3.63, 3.8) is 0 Å². The SMILES string of the molecule is CON=C1C[C@H](n2nncc2-c2ccccc2)[C@@]2(O)Oc3ccc(O)cc3[C@H]3[C@H](CCCCO)[C@@H](CCCCO)C=C1[C@H]32. The van der Waals surface area contributed by atoms with Crippen molar-refractivity contribution in [2.45, 2.75) is 62.7 Å². The Morgan fingerprint density at radius 1 is 1.05 bits per heavy atom. The van der Waals surface area contributed by atoms with Gasteiger partial charge in [-0.2, -0.15) is 0 Å². The number of nitrogens with zero attached hydrogens (tertiary/aromatic N) is 4. The molecule has 3 aliphatic rings. The lowest BCUT2D eigenvalue weighted by Gasteiger charge is -2.56. The molecule has 6 rings (SSSR count). The van der Waals surface area contributed by atoms with Gasteiger partial charge in [-0.15, -0.1) is 5.10 Å². The van der Waals surface area contributed by atoms with Crippen LogP contribution in [0, 0.1) is 17.8 Å². The third kappa shape index (κ3) is 5.32. The van der Waals surface area contributed by atoms with Gasteiger partial charge in [0.2, 0.25) is 5.79 Å². The summed E-state index contributed by atoms with van der Waals surface area (Å²) < 4.78 is 8.37. The fourth-order valence-electron chi connectivity index (χ4n) is 7.61. The number of hydrogen-bond acceptors (Lipinski definition) is 9. The lowest BCUT2D eigenvalue weighted by Crippen LogP contribution is -2.62. The molecule has 0 spiro atoms. The largest absolute Gasteiger partial charge is 0.508 e. The summed E-state index contributed by atoms with van der Waals surface area (Å²) in [5, 5.41) is 55.9. The van der Waals surface area contributed by atoms with Crippen molar-refractivity contribution in [2.24, 2.45) is 22.9 Å². The van der Waals surface area contributed by atoms with Gasteiger partial charge in [0, 0.05) is 36.7 Å². The van der Waals surface area contributed by atoms with Crippen LogP contribution in [0.4, 0.5) is 0 Å². The first-order valence-electron chi connectivity index (χ1n) is 15.2. The third-order valence-corrected chi connectivity index (χ3v) is 9.40. The Balaban J connectivity index is 1.54. The fraction of sp³-hybridized carbons (Fsp3) is 0.485. The number of phenolic OH excluding ortho intramolecular Hbond substituents is 1. The number of aliphatic hydroxyl groups excluding tert-OH is 2. The molecule has 3 aromatic rings. The van der Waals surface area contributed by atoms with Gasteiger partial charge in [-0.05, 0) is 61.3 Å². The van der Waals surface area contributed by atoms with Crippen LogP contribution in [0.1, 0.15) is 62.5 Å². The molecule has 0 unspecified atom stereocenters. The normalized spacial score (nSPS) is 28.5. The molecule has 2 aliphatic carbocycles. The van der Waals surface area contributed by atoms with Crippen LogP contribution in [-0.2, 0) is 4.84 Å². The molecular weight excluding hydrogens is 548 g/mol. The van der Waals surface area contributed by atoms with Gasteiger partial charge < -0.3 is 30.0 Å². The Morgan fingerprint density at radius 2 is 1.81 bits per heavy atom. The van der Waals surface area contributed by atoms with Crippen molar-refractivity contribution in [1.29, 1.82) is 0 Å². The van der Waals surface area contributed by atoms with E-state index in [-0.39, 0.29) is 36.7 Å². The Kier molecular flexibility index (Phi) is 8.52. The topological polar surface area (TPSA) is 142 Å². The minimum atomic E-state index is -1.71. The van der Waals surface area contributed by atoms with Crippen molar-refractivity contribution in [2.75, 3.05) is 20.3 Å². The number of aliphatic hydroxyl groups is 3. The summed E-state index contributed by atoms with van der Waals surface area (Å²) in [6.45, 7) is 0.247. The zero-order valence-electron chi connectivity index (χ0n) is 24.4. The molecule has 1 saturated carbocycles. The van der Waals surface area contributed by atoms with Crippen molar-refractivity contribution >= 4 is 5.71 Å². The van der Waals surface area contributed by atoms with Crippen molar-refractivity contribution in [3.8, 4) is 22.8 Å². The molecule has 6 atom stereocenters. The lowest BCUT2D eigenvalue weighted by molar-refractivity contribution is -0.224. The van der Waals surface area contributed by atoms with E-state index in [4.69, 9.17) is 9.57 Å². The first kappa shape index (κ1) is 29.3. The van der Waals surface area contributed by atoms with Gasteiger partial charge in [0.15, 0.2) is 0 Å². The molecule has 0 bridgehead atoms. The second kappa shape index (κ2) is 12.5. The van der Waals surface area contributed by atoms with E-state index in [1.807, 2.05) is 30.3 Å². The van der Waals surface area contributed by atoms with Crippen molar-refractivity contribution in [1.82, 2.24) is 15.0 Å². The highest BCUT2D eigenvalue weighted by Gasteiger charge is 2.63. The van der Waals surface area contributed by atoms with E-state index in [0.717, 1.165) is 53.8 Å². The zero-order valence-corrected chi connectivity index (χ0v) is 24.4. The Bertz CT molecular complexity index is 1470. The van der Waals surface area contributed by atoms with E-state index in [2.05, 4.69) is 21.5 Å².